The topological polar surface area (TPSA) is 77.7 Å². The number of hydrazone groups is 1. The number of imidazole rings is 1. The van der Waals surface area contributed by atoms with Crippen LogP contribution >= 0.6 is 11.8 Å². The fourth-order valence-electron chi connectivity index (χ4n) is 3.36. The molecule has 0 radical (unpaired) electrons. The van der Waals surface area contributed by atoms with Gasteiger partial charge in [0.25, 0.3) is 5.91 Å². The predicted octanol–water partition coefficient (Wildman–Crippen LogP) is 4.34. The van der Waals surface area contributed by atoms with E-state index in [0.29, 0.717) is 23.6 Å². The first-order valence-electron chi connectivity index (χ1n) is 10.3. The number of amides is 1. The molecule has 0 saturated carbocycles. The predicted molar refractivity (Wildman–Crippen MR) is 131 cm³/mol. The van der Waals surface area contributed by atoms with Gasteiger partial charge < -0.3 is 14.0 Å². The minimum absolute atomic E-state index is 0.185. The van der Waals surface area contributed by atoms with Crippen LogP contribution in [0.3, 0.4) is 0 Å². The van der Waals surface area contributed by atoms with Crippen LogP contribution in [0.1, 0.15) is 11.1 Å². The molecule has 1 N–H and O–H groups in total. The lowest BCUT2D eigenvalue weighted by Crippen LogP contribution is -2.20. The fraction of sp³-hybridized carbons (Fsp3) is 0.160. The van der Waals surface area contributed by atoms with Crippen molar-refractivity contribution in [1.82, 2.24) is 15.0 Å². The maximum Gasteiger partial charge on any atom is 0.250 e. The van der Waals surface area contributed by atoms with Gasteiger partial charge in [0.05, 0.1) is 43.8 Å². The summed E-state index contributed by atoms with van der Waals surface area (Å²) in [6, 6.07) is 23.5. The standard InChI is InChI=1S/C25H24N4O3S/c1-31-20-12-13-23(32-2)19(14-20)15-26-28-24(30)17-33-25-27-21-10-6-7-11-22(21)29(25)16-18-8-4-3-5-9-18/h3-15H,16-17H2,1-2H3,(H,28,30)/b26-15+. The van der Waals surface area contributed by atoms with Gasteiger partial charge in [-0.2, -0.15) is 5.10 Å². The number of nitrogens with zero attached hydrogens (tertiary/aromatic N) is 3. The molecule has 1 aromatic heterocycles. The monoisotopic (exact) mass is 460 g/mol. The second kappa shape index (κ2) is 10.7. The highest BCUT2D eigenvalue weighted by Gasteiger charge is 2.13. The Balaban J connectivity index is 1.44. The summed E-state index contributed by atoms with van der Waals surface area (Å²) in [6.45, 7) is 0.680. The second-order valence-electron chi connectivity index (χ2n) is 7.14. The second-order valence-corrected chi connectivity index (χ2v) is 8.09. The third-order valence-electron chi connectivity index (χ3n) is 4.97. The molecule has 0 aliphatic heterocycles. The van der Waals surface area contributed by atoms with Crippen LogP contribution < -0.4 is 14.9 Å². The SMILES string of the molecule is COc1ccc(OC)c(/C=N/NC(=O)CSc2nc3ccccc3n2Cc2ccccc2)c1. The van der Waals surface area contributed by atoms with Crippen molar-refractivity contribution in [2.75, 3.05) is 20.0 Å². The van der Waals surface area contributed by atoms with Crippen molar-refractivity contribution in [3.05, 3.63) is 83.9 Å². The Kier molecular flexibility index (Phi) is 7.26. The minimum atomic E-state index is -0.226. The van der Waals surface area contributed by atoms with Crippen molar-refractivity contribution in [1.29, 1.82) is 0 Å². The number of nitrogens with one attached hydrogen (secondary N) is 1. The number of thioether (sulfide) groups is 1. The van der Waals surface area contributed by atoms with Gasteiger partial charge in [-0.1, -0.05) is 54.2 Å². The van der Waals surface area contributed by atoms with E-state index in [1.807, 2.05) is 42.5 Å². The van der Waals surface area contributed by atoms with E-state index in [4.69, 9.17) is 14.5 Å². The summed E-state index contributed by atoms with van der Waals surface area (Å²) in [5.41, 5.74) is 6.38. The molecular weight excluding hydrogens is 436 g/mol. The van der Waals surface area contributed by atoms with Crippen LogP contribution in [0.15, 0.2) is 83.1 Å². The number of para-hydroxylation sites is 2. The molecule has 1 amide bonds. The van der Waals surface area contributed by atoms with Gasteiger partial charge in [-0.15, -0.1) is 0 Å². The molecule has 0 saturated heterocycles. The average Bonchev–Trinajstić information content (AvgIpc) is 3.20. The summed E-state index contributed by atoms with van der Waals surface area (Å²) in [6.07, 6.45) is 1.54. The highest BCUT2D eigenvalue weighted by atomic mass is 32.2. The van der Waals surface area contributed by atoms with Gasteiger partial charge in [0.2, 0.25) is 0 Å². The number of fused-ring (bicyclic) bond motifs is 1. The number of ether oxygens (including phenoxy) is 2. The van der Waals surface area contributed by atoms with Crippen LogP contribution in [0.5, 0.6) is 11.5 Å². The molecule has 0 fully saturated rings. The maximum absolute atomic E-state index is 12.4. The van der Waals surface area contributed by atoms with Crippen molar-refractivity contribution in [2.45, 2.75) is 11.7 Å². The smallest absolute Gasteiger partial charge is 0.250 e. The van der Waals surface area contributed by atoms with Crippen LogP contribution in [0, 0.1) is 0 Å². The van der Waals surface area contributed by atoms with Gasteiger partial charge in [-0.25, -0.2) is 10.4 Å². The molecule has 0 unspecified atom stereocenters. The highest BCUT2D eigenvalue weighted by molar-refractivity contribution is 7.99. The molecule has 4 rings (SSSR count). The Morgan fingerprint density at radius 3 is 2.64 bits per heavy atom. The quantitative estimate of drug-likeness (QED) is 0.228. The van der Waals surface area contributed by atoms with E-state index in [-0.39, 0.29) is 11.7 Å². The van der Waals surface area contributed by atoms with Gasteiger partial charge in [0.1, 0.15) is 11.5 Å². The maximum atomic E-state index is 12.4. The summed E-state index contributed by atoms with van der Waals surface area (Å²) in [4.78, 5) is 17.2. The van der Waals surface area contributed by atoms with Crippen LogP contribution in [0.4, 0.5) is 0 Å². The van der Waals surface area contributed by atoms with Gasteiger partial charge >= 0.3 is 0 Å². The fourth-order valence-corrected chi connectivity index (χ4v) is 4.17. The lowest BCUT2D eigenvalue weighted by Gasteiger charge is -2.09. The molecule has 7 nitrogen and oxygen atoms in total. The third-order valence-corrected chi connectivity index (χ3v) is 5.94. The number of carbonyl (C=O) groups excluding carboxylic acids is 1. The Bertz CT molecular complexity index is 1270. The number of methoxy groups -OCH3 is 2. The van der Waals surface area contributed by atoms with E-state index in [1.54, 1.807) is 32.4 Å². The van der Waals surface area contributed by atoms with Crippen molar-refractivity contribution < 1.29 is 14.3 Å². The molecule has 168 valence electrons. The van der Waals surface area contributed by atoms with E-state index in [2.05, 4.69) is 27.2 Å². The van der Waals surface area contributed by atoms with Gasteiger partial charge in [-0.3, -0.25) is 4.79 Å². The molecule has 0 bridgehead atoms. The third kappa shape index (κ3) is 5.53. The number of hydrogen-bond acceptors (Lipinski definition) is 6. The average molecular weight is 461 g/mol. The molecule has 8 heteroatoms. The van der Waals surface area contributed by atoms with E-state index >= 15 is 0 Å². The Hall–Kier alpha value is -3.78. The van der Waals surface area contributed by atoms with Crippen LogP contribution in [-0.4, -0.2) is 41.6 Å². The summed E-state index contributed by atoms with van der Waals surface area (Å²) < 4.78 is 12.7. The minimum Gasteiger partial charge on any atom is -0.497 e. The number of carbonyl (C=O) groups is 1. The van der Waals surface area contributed by atoms with Gasteiger partial charge in [0.15, 0.2) is 5.16 Å². The molecule has 0 atom stereocenters. The molecule has 0 aliphatic rings. The van der Waals surface area contributed by atoms with E-state index in [1.165, 1.54) is 23.5 Å². The summed E-state index contributed by atoms with van der Waals surface area (Å²) in [5, 5.41) is 4.86. The lowest BCUT2D eigenvalue weighted by molar-refractivity contribution is -0.118. The highest BCUT2D eigenvalue weighted by Crippen LogP contribution is 2.25. The largest absolute Gasteiger partial charge is 0.497 e. The van der Waals surface area contributed by atoms with Crippen molar-refractivity contribution in [2.24, 2.45) is 5.10 Å². The zero-order valence-corrected chi connectivity index (χ0v) is 19.2. The first kappa shape index (κ1) is 22.4. The first-order valence-corrected chi connectivity index (χ1v) is 11.3. The van der Waals surface area contributed by atoms with Crippen molar-refractivity contribution in [3.8, 4) is 11.5 Å². The number of benzene rings is 3. The summed E-state index contributed by atoms with van der Waals surface area (Å²) in [7, 11) is 3.17. The zero-order chi connectivity index (χ0) is 23.0. The Morgan fingerprint density at radius 2 is 1.85 bits per heavy atom. The van der Waals surface area contributed by atoms with E-state index in [0.717, 1.165) is 16.2 Å². The van der Waals surface area contributed by atoms with Gasteiger partial charge in [0, 0.05) is 5.56 Å². The molecule has 0 spiro atoms. The Labute approximate surface area is 196 Å². The van der Waals surface area contributed by atoms with Crippen molar-refractivity contribution >= 4 is 34.9 Å². The normalized spacial score (nSPS) is 11.1. The number of aromatic nitrogens is 2. The first-order chi connectivity index (χ1) is 16.2. The molecule has 0 aliphatic carbocycles. The Morgan fingerprint density at radius 1 is 1.06 bits per heavy atom. The van der Waals surface area contributed by atoms with E-state index in [9.17, 15) is 4.79 Å². The molecule has 1 heterocycles. The molecule has 3 aromatic carbocycles. The molecular formula is C25H24N4O3S. The summed E-state index contributed by atoms with van der Waals surface area (Å²) in [5.74, 6) is 1.27. The lowest BCUT2D eigenvalue weighted by atomic mass is 10.2. The number of rotatable bonds is 9. The van der Waals surface area contributed by atoms with Crippen LogP contribution in [0.2, 0.25) is 0 Å². The van der Waals surface area contributed by atoms with Crippen LogP contribution in [-0.2, 0) is 11.3 Å². The van der Waals surface area contributed by atoms with Crippen LogP contribution in [0.25, 0.3) is 11.0 Å². The zero-order valence-electron chi connectivity index (χ0n) is 18.4. The van der Waals surface area contributed by atoms with Crippen molar-refractivity contribution in [3.63, 3.8) is 0 Å². The molecule has 4 aromatic rings. The van der Waals surface area contributed by atoms with E-state index < -0.39 is 0 Å². The van der Waals surface area contributed by atoms with Gasteiger partial charge in [-0.05, 0) is 35.9 Å². The number of hydrogen-bond donors (Lipinski definition) is 1. The molecule has 33 heavy (non-hydrogen) atoms. The summed E-state index contributed by atoms with van der Waals surface area (Å²) >= 11 is 1.38.